The number of nitrogens with one attached hydrogen (secondary N) is 1. The van der Waals surface area contributed by atoms with Crippen molar-refractivity contribution in [3.05, 3.63) is 46.6 Å². The summed E-state index contributed by atoms with van der Waals surface area (Å²) < 4.78 is 13.8. The highest BCUT2D eigenvalue weighted by Crippen LogP contribution is 2.22. The summed E-state index contributed by atoms with van der Waals surface area (Å²) in [7, 11) is 1.62. The van der Waals surface area contributed by atoms with Crippen LogP contribution in [0.4, 0.5) is 15.9 Å². The molecule has 0 aliphatic heterocycles. The minimum absolute atomic E-state index is 0.0242. The van der Waals surface area contributed by atoms with Crippen LogP contribution in [0, 0.1) is 18.2 Å². The smallest absolute Gasteiger partial charge is 0.224 e. The number of benzene rings is 1. The van der Waals surface area contributed by atoms with Crippen molar-refractivity contribution in [3.63, 3.8) is 0 Å². The number of rotatable bonds is 2. The second kappa shape index (κ2) is 5.42. The first kappa shape index (κ1) is 14.2. The van der Waals surface area contributed by atoms with Crippen molar-refractivity contribution >= 4 is 28.9 Å². The average Bonchev–Trinajstić information content (AvgIpc) is 2.43. The van der Waals surface area contributed by atoms with Crippen LogP contribution >= 0.6 is 11.6 Å². The first-order chi connectivity index (χ1) is 9.41. The van der Waals surface area contributed by atoms with Crippen molar-refractivity contribution in [1.29, 1.82) is 5.41 Å². The van der Waals surface area contributed by atoms with Crippen LogP contribution in [0.5, 0.6) is 0 Å². The van der Waals surface area contributed by atoms with Crippen molar-refractivity contribution in [2.45, 2.75) is 6.92 Å². The van der Waals surface area contributed by atoms with Crippen LogP contribution in [0.3, 0.4) is 0 Å². The lowest BCUT2D eigenvalue weighted by Gasteiger charge is -2.20. The van der Waals surface area contributed by atoms with E-state index >= 15 is 0 Å². The number of nitrogens with zero attached hydrogens (tertiary/aromatic N) is 3. The molecule has 0 aliphatic carbocycles. The molecule has 2 aromatic rings. The van der Waals surface area contributed by atoms with Gasteiger partial charge in [-0.3, -0.25) is 5.41 Å². The van der Waals surface area contributed by atoms with Gasteiger partial charge in [0, 0.05) is 18.8 Å². The Hall–Kier alpha value is -2.21. The molecule has 0 saturated heterocycles. The standard InChI is InChI=1S/C13H13ClFN5/c1-7-3-4-8(11(16)10(7)15)12(17)20(2)9-5-6-18-13(14)19-9/h3-6,17H,16H2,1-2H3. The third kappa shape index (κ3) is 2.55. The predicted octanol–water partition coefficient (Wildman–Crippen LogP) is 2.62. The van der Waals surface area contributed by atoms with Gasteiger partial charge in [0.15, 0.2) is 0 Å². The summed E-state index contributed by atoms with van der Waals surface area (Å²) in [6.07, 6.45) is 1.48. The maximum Gasteiger partial charge on any atom is 0.224 e. The molecular weight excluding hydrogens is 281 g/mol. The largest absolute Gasteiger partial charge is 0.396 e. The summed E-state index contributed by atoms with van der Waals surface area (Å²) in [5.74, 6) is -0.0621. The van der Waals surface area contributed by atoms with Crippen molar-refractivity contribution in [1.82, 2.24) is 9.97 Å². The van der Waals surface area contributed by atoms with E-state index < -0.39 is 5.82 Å². The zero-order valence-electron chi connectivity index (χ0n) is 11.0. The monoisotopic (exact) mass is 293 g/mol. The Morgan fingerprint density at radius 2 is 2.10 bits per heavy atom. The summed E-state index contributed by atoms with van der Waals surface area (Å²) in [5.41, 5.74) is 6.41. The van der Waals surface area contributed by atoms with Gasteiger partial charge in [-0.25, -0.2) is 14.4 Å². The highest BCUT2D eigenvalue weighted by Gasteiger charge is 2.17. The molecular formula is C13H13ClFN5. The zero-order valence-corrected chi connectivity index (χ0v) is 11.7. The lowest BCUT2D eigenvalue weighted by atomic mass is 10.1. The third-order valence-corrected chi connectivity index (χ3v) is 3.10. The Balaban J connectivity index is 2.39. The Labute approximate surface area is 120 Å². The van der Waals surface area contributed by atoms with Crippen molar-refractivity contribution in [2.75, 3.05) is 17.7 Å². The summed E-state index contributed by atoms with van der Waals surface area (Å²) in [6.45, 7) is 1.62. The quantitative estimate of drug-likeness (QED) is 0.386. The van der Waals surface area contributed by atoms with Crippen molar-refractivity contribution < 1.29 is 4.39 Å². The van der Waals surface area contributed by atoms with Gasteiger partial charge in [0.2, 0.25) is 5.28 Å². The first-order valence-corrected chi connectivity index (χ1v) is 6.15. The van der Waals surface area contributed by atoms with Gasteiger partial charge >= 0.3 is 0 Å². The van der Waals surface area contributed by atoms with E-state index in [1.54, 1.807) is 32.2 Å². The van der Waals surface area contributed by atoms with Crippen molar-refractivity contribution in [2.24, 2.45) is 0 Å². The molecule has 0 radical (unpaired) electrons. The van der Waals surface area contributed by atoms with Crippen molar-refractivity contribution in [3.8, 4) is 0 Å². The minimum atomic E-state index is -0.513. The molecule has 3 N–H and O–H groups in total. The number of hydrogen-bond acceptors (Lipinski definition) is 4. The molecule has 0 unspecified atom stereocenters. The van der Waals surface area contributed by atoms with E-state index in [1.807, 2.05) is 0 Å². The average molecular weight is 294 g/mol. The molecule has 0 atom stereocenters. The van der Waals surface area contributed by atoms with Gasteiger partial charge in [-0.15, -0.1) is 0 Å². The first-order valence-electron chi connectivity index (χ1n) is 5.77. The molecule has 7 heteroatoms. The minimum Gasteiger partial charge on any atom is -0.396 e. The van der Waals surface area contributed by atoms with Crippen LogP contribution in [0.1, 0.15) is 11.1 Å². The molecule has 20 heavy (non-hydrogen) atoms. The van der Waals surface area contributed by atoms with E-state index in [2.05, 4.69) is 9.97 Å². The fourth-order valence-electron chi connectivity index (χ4n) is 1.72. The van der Waals surface area contributed by atoms with E-state index in [-0.39, 0.29) is 16.8 Å². The van der Waals surface area contributed by atoms with Gasteiger partial charge in [-0.05, 0) is 36.2 Å². The summed E-state index contributed by atoms with van der Waals surface area (Å²) in [4.78, 5) is 9.22. The van der Waals surface area contributed by atoms with E-state index in [0.717, 1.165) is 0 Å². The molecule has 0 bridgehead atoms. The highest BCUT2D eigenvalue weighted by molar-refractivity contribution is 6.28. The van der Waals surface area contributed by atoms with Gasteiger partial charge in [-0.1, -0.05) is 6.07 Å². The van der Waals surface area contributed by atoms with E-state index in [4.69, 9.17) is 22.7 Å². The molecule has 0 fully saturated rings. The summed E-state index contributed by atoms with van der Waals surface area (Å²) >= 11 is 5.71. The maximum absolute atomic E-state index is 13.8. The SMILES string of the molecule is Cc1ccc(C(=N)N(C)c2ccnc(Cl)n2)c(N)c1F. The predicted molar refractivity (Wildman–Crippen MR) is 77.8 cm³/mol. The number of anilines is 2. The van der Waals surface area contributed by atoms with E-state index in [0.29, 0.717) is 16.9 Å². The van der Waals surface area contributed by atoms with Crippen LogP contribution in [-0.2, 0) is 0 Å². The zero-order chi connectivity index (χ0) is 14.9. The molecule has 2 rings (SSSR count). The molecule has 0 saturated carbocycles. The fourth-order valence-corrected chi connectivity index (χ4v) is 1.86. The van der Waals surface area contributed by atoms with Gasteiger partial charge in [0.05, 0.1) is 5.69 Å². The lowest BCUT2D eigenvalue weighted by molar-refractivity contribution is 0.623. The maximum atomic E-state index is 13.8. The molecule has 1 heterocycles. The number of halogens is 2. The number of amidine groups is 1. The van der Waals surface area contributed by atoms with Crippen LogP contribution < -0.4 is 10.6 Å². The third-order valence-electron chi connectivity index (χ3n) is 2.92. The Morgan fingerprint density at radius 1 is 1.40 bits per heavy atom. The van der Waals surface area contributed by atoms with E-state index in [1.165, 1.54) is 11.1 Å². The van der Waals surface area contributed by atoms with Crippen LogP contribution in [-0.4, -0.2) is 22.9 Å². The number of aryl methyl sites for hydroxylation is 1. The van der Waals surface area contributed by atoms with Gasteiger partial charge in [0.25, 0.3) is 0 Å². The van der Waals surface area contributed by atoms with E-state index in [9.17, 15) is 4.39 Å². The molecule has 5 nitrogen and oxygen atoms in total. The lowest BCUT2D eigenvalue weighted by Crippen LogP contribution is -2.28. The van der Waals surface area contributed by atoms with Gasteiger partial charge in [0.1, 0.15) is 17.5 Å². The number of hydrogen-bond donors (Lipinski definition) is 2. The number of nitrogens with two attached hydrogens (primary N) is 1. The molecule has 1 aromatic carbocycles. The fraction of sp³-hybridized carbons (Fsp3) is 0.154. The Kier molecular flexibility index (Phi) is 3.85. The Morgan fingerprint density at radius 3 is 2.75 bits per heavy atom. The van der Waals surface area contributed by atoms with Crippen LogP contribution in [0.25, 0.3) is 0 Å². The normalized spacial score (nSPS) is 10.4. The molecule has 0 aliphatic rings. The highest BCUT2D eigenvalue weighted by atomic mass is 35.5. The van der Waals surface area contributed by atoms with Gasteiger partial charge < -0.3 is 10.6 Å². The molecule has 1 aromatic heterocycles. The van der Waals surface area contributed by atoms with Crippen LogP contribution in [0.2, 0.25) is 5.28 Å². The summed E-state index contributed by atoms with van der Waals surface area (Å²) in [5, 5.41) is 8.20. The second-order valence-corrected chi connectivity index (χ2v) is 4.59. The topological polar surface area (TPSA) is 78.9 Å². The Bertz CT molecular complexity index is 674. The number of nitrogen functional groups attached to an aromatic ring is 1. The molecule has 0 amide bonds. The summed E-state index contributed by atoms with van der Waals surface area (Å²) in [6, 6.07) is 4.78. The second-order valence-electron chi connectivity index (χ2n) is 4.25. The van der Waals surface area contributed by atoms with Gasteiger partial charge in [-0.2, -0.15) is 0 Å². The molecule has 0 spiro atoms. The van der Waals surface area contributed by atoms with Crippen LogP contribution in [0.15, 0.2) is 24.4 Å². The molecule has 104 valence electrons. The number of aromatic nitrogens is 2.